The Kier molecular flexibility index (Phi) is 5.78. The molecule has 0 spiro atoms. The number of carbonyl (C=O) groups excluding carboxylic acids is 2. The van der Waals surface area contributed by atoms with Gasteiger partial charge in [0.1, 0.15) is 5.56 Å². The third-order valence-electron chi connectivity index (χ3n) is 3.12. The SMILES string of the molecule is O=C(CNC(=O)c1ccc(Cl)cc1[N+](=O)[O-])Nc1ccc(F)c(F)c1F. The highest BCUT2D eigenvalue weighted by Gasteiger charge is 2.21. The molecule has 0 saturated carbocycles. The second-order valence-corrected chi connectivity index (χ2v) is 5.31. The lowest BCUT2D eigenvalue weighted by molar-refractivity contribution is -0.385. The van der Waals surface area contributed by atoms with Gasteiger partial charge in [0.05, 0.1) is 17.2 Å². The molecular weight excluding hydrogens is 379 g/mol. The van der Waals surface area contributed by atoms with Crippen molar-refractivity contribution in [2.24, 2.45) is 0 Å². The van der Waals surface area contributed by atoms with Crippen LogP contribution in [-0.4, -0.2) is 23.3 Å². The van der Waals surface area contributed by atoms with Gasteiger partial charge in [-0.2, -0.15) is 0 Å². The first-order valence-electron chi connectivity index (χ1n) is 6.86. The Labute approximate surface area is 148 Å². The Hall–Kier alpha value is -3.14. The van der Waals surface area contributed by atoms with Crippen LogP contribution in [-0.2, 0) is 4.79 Å². The zero-order valence-electron chi connectivity index (χ0n) is 12.7. The number of halogens is 4. The van der Waals surface area contributed by atoms with Gasteiger partial charge in [-0.25, -0.2) is 13.2 Å². The molecule has 0 heterocycles. The lowest BCUT2D eigenvalue weighted by Gasteiger charge is -2.09. The van der Waals surface area contributed by atoms with Crippen molar-refractivity contribution >= 4 is 34.8 Å². The van der Waals surface area contributed by atoms with Gasteiger partial charge < -0.3 is 10.6 Å². The zero-order chi connectivity index (χ0) is 19.4. The van der Waals surface area contributed by atoms with Crippen LogP contribution in [0.1, 0.15) is 10.4 Å². The summed E-state index contributed by atoms with van der Waals surface area (Å²) in [6.07, 6.45) is 0. The van der Waals surface area contributed by atoms with Crippen molar-refractivity contribution in [2.45, 2.75) is 0 Å². The van der Waals surface area contributed by atoms with Gasteiger partial charge in [-0.1, -0.05) is 11.6 Å². The van der Waals surface area contributed by atoms with E-state index in [0.29, 0.717) is 6.07 Å². The number of rotatable bonds is 5. The van der Waals surface area contributed by atoms with Crippen molar-refractivity contribution in [3.8, 4) is 0 Å². The molecule has 0 radical (unpaired) electrons. The molecule has 136 valence electrons. The largest absolute Gasteiger partial charge is 0.343 e. The highest BCUT2D eigenvalue weighted by molar-refractivity contribution is 6.31. The summed E-state index contributed by atoms with van der Waals surface area (Å²) in [5.74, 6) is -6.69. The van der Waals surface area contributed by atoms with Crippen molar-refractivity contribution < 1.29 is 27.7 Å². The molecule has 2 aromatic rings. The average molecular weight is 388 g/mol. The number of nitrogens with zero attached hydrogens (tertiary/aromatic N) is 1. The molecule has 0 aliphatic heterocycles. The standard InChI is InChI=1S/C15H9ClF3N3O4/c16-7-1-2-8(11(5-7)22(25)26)15(24)20-6-12(23)21-10-4-3-9(17)13(18)14(10)19/h1-5H,6H2,(H,20,24)(H,21,23). The molecule has 26 heavy (non-hydrogen) atoms. The van der Waals surface area contributed by atoms with E-state index in [1.165, 1.54) is 6.07 Å². The predicted molar refractivity (Wildman–Crippen MR) is 85.4 cm³/mol. The molecule has 0 aliphatic rings. The molecule has 2 aromatic carbocycles. The molecule has 0 fully saturated rings. The molecular formula is C15H9ClF3N3O4. The number of benzene rings is 2. The number of amides is 2. The smallest absolute Gasteiger partial charge is 0.283 e. The Morgan fingerprint density at radius 1 is 1.12 bits per heavy atom. The number of hydrogen-bond donors (Lipinski definition) is 2. The van der Waals surface area contributed by atoms with Gasteiger partial charge in [-0.05, 0) is 24.3 Å². The van der Waals surface area contributed by atoms with Gasteiger partial charge in [-0.3, -0.25) is 19.7 Å². The highest BCUT2D eigenvalue weighted by atomic mass is 35.5. The quantitative estimate of drug-likeness (QED) is 0.467. The zero-order valence-corrected chi connectivity index (χ0v) is 13.4. The van der Waals surface area contributed by atoms with E-state index in [9.17, 15) is 32.9 Å². The van der Waals surface area contributed by atoms with Gasteiger partial charge in [-0.15, -0.1) is 0 Å². The Morgan fingerprint density at radius 3 is 2.46 bits per heavy atom. The van der Waals surface area contributed by atoms with Crippen molar-refractivity contribution in [1.29, 1.82) is 0 Å². The molecule has 0 unspecified atom stereocenters. The second-order valence-electron chi connectivity index (χ2n) is 4.87. The average Bonchev–Trinajstić information content (AvgIpc) is 2.60. The predicted octanol–water partition coefficient (Wildman–Crippen LogP) is 3.03. The number of nitrogens with one attached hydrogen (secondary N) is 2. The van der Waals surface area contributed by atoms with Crippen molar-refractivity contribution in [1.82, 2.24) is 5.32 Å². The fraction of sp³-hybridized carbons (Fsp3) is 0.0667. The number of anilines is 1. The molecule has 2 rings (SSSR count). The van der Waals surface area contributed by atoms with Crippen LogP contribution in [0.3, 0.4) is 0 Å². The lowest BCUT2D eigenvalue weighted by Crippen LogP contribution is -2.33. The van der Waals surface area contributed by atoms with Crippen LogP contribution in [0.5, 0.6) is 0 Å². The van der Waals surface area contributed by atoms with Gasteiger partial charge in [0.2, 0.25) is 5.91 Å². The van der Waals surface area contributed by atoms with E-state index >= 15 is 0 Å². The van der Waals surface area contributed by atoms with Crippen LogP contribution in [0.15, 0.2) is 30.3 Å². The minimum atomic E-state index is -1.76. The first-order valence-corrected chi connectivity index (χ1v) is 7.24. The van der Waals surface area contributed by atoms with Gasteiger partial charge in [0, 0.05) is 11.1 Å². The molecule has 0 aliphatic carbocycles. The summed E-state index contributed by atoms with van der Waals surface area (Å²) < 4.78 is 39.4. The van der Waals surface area contributed by atoms with Gasteiger partial charge in [0.15, 0.2) is 17.5 Å². The maximum atomic E-state index is 13.5. The minimum Gasteiger partial charge on any atom is -0.343 e. The Bertz CT molecular complexity index is 908. The Balaban J connectivity index is 2.05. The maximum Gasteiger partial charge on any atom is 0.283 e. The Morgan fingerprint density at radius 2 is 1.81 bits per heavy atom. The first-order chi connectivity index (χ1) is 12.2. The van der Waals surface area contributed by atoms with E-state index < -0.39 is 52.1 Å². The molecule has 7 nitrogen and oxygen atoms in total. The maximum absolute atomic E-state index is 13.5. The number of nitro benzene ring substituents is 1. The third-order valence-corrected chi connectivity index (χ3v) is 3.35. The normalized spacial score (nSPS) is 10.3. The van der Waals surface area contributed by atoms with E-state index in [-0.39, 0.29) is 10.6 Å². The van der Waals surface area contributed by atoms with Crippen LogP contribution in [0.2, 0.25) is 5.02 Å². The van der Waals surface area contributed by atoms with Crippen LogP contribution < -0.4 is 10.6 Å². The highest BCUT2D eigenvalue weighted by Crippen LogP contribution is 2.23. The minimum absolute atomic E-state index is 0.0415. The fourth-order valence-corrected chi connectivity index (χ4v) is 2.09. The van der Waals surface area contributed by atoms with Gasteiger partial charge >= 0.3 is 0 Å². The molecule has 0 bridgehead atoms. The summed E-state index contributed by atoms with van der Waals surface area (Å²) in [5.41, 5.74) is -1.53. The number of carbonyl (C=O) groups is 2. The number of nitro groups is 1. The summed E-state index contributed by atoms with van der Waals surface area (Å²) in [7, 11) is 0. The molecule has 2 amide bonds. The summed E-state index contributed by atoms with van der Waals surface area (Å²) in [6, 6.07) is 4.73. The first kappa shape index (κ1) is 19.2. The van der Waals surface area contributed by atoms with E-state index in [0.717, 1.165) is 18.2 Å². The summed E-state index contributed by atoms with van der Waals surface area (Å²) in [6.45, 7) is -0.697. The summed E-state index contributed by atoms with van der Waals surface area (Å²) >= 11 is 5.63. The van der Waals surface area contributed by atoms with E-state index in [4.69, 9.17) is 11.6 Å². The molecule has 0 atom stereocenters. The molecule has 0 aromatic heterocycles. The molecule has 11 heteroatoms. The van der Waals surface area contributed by atoms with Crippen molar-refractivity contribution in [3.63, 3.8) is 0 Å². The summed E-state index contributed by atoms with van der Waals surface area (Å²) in [5, 5.41) is 15.0. The molecule has 0 saturated heterocycles. The topological polar surface area (TPSA) is 101 Å². The third kappa shape index (κ3) is 4.28. The number of hydrogen-bond acceptors (Lipinski definition) is 4. The van der Waals surface area contributed by atoms with Crippen LogP contribution in [0.25, 0.3) is 0 Å². The van der Waals surface area contributed by atoms with Crippen molar-refractivity contribution in [3.05, 3.63) is 68.5 Å². The second kappa shape index (κ2) is 7.83. The van der Waals surface area contributed by atoms with Crippen LogP contribution in [0.4, 0.5) is 24.5 Å². The van der Waals surface area contributed by atoms with Crippen molar-refractivity contribution in [2.75, 3.05) is 11.9 Å². The molecule has 2 N–H and O–H groups in total. The van der Waals surface area contributed by atoms with E-state index in [1.54, 1.807) is 0 Å². The van der Waals surface area contributed by atoms with Gasteiger partial charge in [0.25, 0.3) is 11.6 Å². The lowest BCUT2D eigenvalue weighted by atomic mass is 10.1. The van der Waals surface area contributed by atoms with Crippen LogP contribution in [0, 0.1) is 27.6 Å². The van der Waals surface area contributed by atoms with E-state index in [1.807, 2.05) is 5.32 Å². The van der Waals surface area contributed by atoms with E-state index in [2.05, 4.69) is 5.32 Å². The summed E-state index contributed by atoms with van der Waals surface area (Å²) in [4.78, 5) is 33.8. The fourth-order valence-electron chi connectivity index (χ4n) is 1.92. The van der Waals surface area contributed by atoms with Crippen LogP contribution >= 0.6 is 11.6 Å². The monoisotopic (exact) mass is 387 g/mol.